The van der Waals surface area contributed by atoms with E-state index in [9.17, 15) is 0 Å². The van der Waals surface area contributed by atoms with Crippen LogP contribution in [-0.4, -0.2) is 6.54 Å². The van der Waals surface area contributed by atoms with E-state index in [1.807, 2.05) is 0 Å². The second kappa shape index (κ2) is 14.2. The third kappa shape index (κ3) is 8.37. The average molecular weight is 338 g/mol. The smallest absolute Gasteiger partial charge is 0.00436 e. The molecule has 1 saturated carbocycles. The predicted octanol–water partition coefficient (Wildman–Crippen LogP) is 7.33. The van der Waals surface area contributed by atoms with Crippen molar-refractivity contribution in [1.29, 1.82) is 0 Å². The third-order valence-electron chi connectivity index (χ3n) is 6.81. The summed E-state index contributed by atoms with van der Waals surface area (Å²) in [4.78, 5) is 0. The van der Waals surface area contributed by atoms with Crippen LogP contribution in [0.1, 0.15) is 117 Å². The van der Waals surface area contributed by atoms with Gasteiger partial charge in [0.25, 0.3) is 0 Å². The standard InChI is InChI=1S/C23H47N/c1-4-6-8-9-10-11-12-14-16-22-18-17-21(15-13-7-5-2)20(3)23(22)19-24/h20-23H,4-19,24H2,1-3H3. The molecule has 0 aromatic rings. The average Bonchev–Trinajstić information content (AvgIpc) is 2.59. The number of nitrogens with two attached hydrogens (primary N) is 1. The van der Waals surface area contributed by atoms with Crippen molar-refractivity contribution in [1.82, 2.24) is 0 Å². The zero-order valence-electron chi connectivity index (χ0n) is 17.2. The molecule has 1 heteroatoms. The Morgan fingerprint density at radius 1 is 0.667 bits per heavy atom. The number of unbranched alkanes of at least 4 members (excludes halogenated alkanes) is 9. The van der Waals surface area contributed by atoms with Gasteiger partial charge in [0, 0.05) is 0 Å². The summed E-state index contributed by atoms with van der Waals surface area (Å²) >= 11 is 0. The molecule has 24 heavy (non-hydrogen) atoms. The van der Waals surface area contributed by atoms with Crippen LogP contribution in [0.4, 0.5) is 0 Å². The molecule has 4 atom stereocenters. The van der Waals surface area contributed by atoms with E-state index in [1.165, 1.54) is 96.3 Å². The Morgan fingerprint density at radius 3 is 1.75 bits per heavy atom. The van der Waals surface area contributed by atoms with Crippen LogP contribution in [0.3, 0.4) is 0 Å². The van der Waals surface area contributed by atoms with Gasteiger partial charge < -0.3 is 5.73 Å². The van der Waals surface area contributed by atoms with E-state index in [2.05, 4.69) is 20.8 Å². The Morgan fingerprint density at radius 2 is 1.12 bits per heavy atom. The summed E-state index contributed by atoms with van der Waals surface area (Å²) in [7, 11) is 0. The van der Waals surface area contributed by atoms with E-state index in [4.69, 9.17) is 5.73 Å². The fourth-order valence-electron chi connectivity index (χ4n) is 5.05. The maximum atomic E-state index is 6.20. The first kappa shape index (κ1) is 22.0. The molecular weight excluding hydrogens is 290 g/mol. The van der Waals surface area contributed by atoms with Crippen molar-refractivity contribution in [3.8, 4) is 0 Å². The van der Waals surface area contributed by atoms with Crippen molar-refractivity contribution in [3.05, 3.63) is 0 Å². The van der Waals surface area contributed by atoms with Crippen LogP contribution in [-0.2, 0) is 0 Å². The molecule has 0 saturated heterocycles. The predicted molar refractivity (Wildman–Crippen MR) is 109 cm³/mol. The SMILES string of the molecule is CCCCCCCCCCC1CCC(CCCCC)C(C)C1CN. The van der Waals surface area contributed by atoms with Crippen LogP contribution >= 0.6 is 0 Å². The Hall–Kier alpha value is -0.0400. The molecule has 4 unspecified atom stereocenters. The van der Waals surface area contributed by atoms with E-state index in [1.54, 1.807) is 0 Å². The number of hydrogen-bond donors (Lipinski definition) is 1. The highest BCUT2D eigenvalue weighted by molar-refractivity contribution is 4.86. The highest BCUT2D eigenvalue weighted by Crippen LogP contribution is 2.42. The molecule has 0 spiro atoms. The summed E-state index contributed by atoms with van der Waals surface area (Å²) in [5, 5.41) is 0. The van der Waals surface area contributed by atoms with Gasteiger partial charge in [0.1, 0.15) is 0 Å². The van der Waals surface area contributed by atoms with Crippen molar-refractivity contribution >= 4 is 0 Å². The van der Waals surface area contributed by atoms with Crippen LogP contribution < -0.4 is 5.73 Å². The summed E-state index contributed by atoms with van der Waals surface area (Å²) in [6.07, 6.45) is 21.5. The Balaban J connectivity index is 2.19. The molecule has 0 radical (unpaired) electrons. The maximum absolute atomic E-state index is 6.20. The fraction of sp³-hybridized carbons (Fsp3) is 1.00. The van der Waals surface area contributed by atoms with Gasteiger partial charge in [-0.25, -0.2) is 0 Å². The van der Waals surface area contributed by atoms with Gasteiger partial charge in [-0.1, -0.05) is 104 Å². The monoisotopic (exact) mass is 337 g/mol. The lowest BCUT2D eigenvalue weighted by molar-refractivity contribution is 0.0924. The van der Waals surface area contributed by atoms with Gasteiger partial charge in [0.15, 0.2) is 0 Å². The summed E-state index contributed by atoms with van der Waals surface area (Å²) < 4.78 is 0. The molecule has 0 aromatic heterocycles. The van der Waals surface area contributed by atoms with Gasteiger partial charge in [0.05, 0.1) is 0 Å². The summed E-state index contributed by atoms with van der Waals surface area (Å²) in [6.45, 7) is 8.04. The molecule has 0 amide bonds. The van der Waals surface area contributed by atoms with Gasteiger partial charge >= 0.3 is 0 Å². The van der Waals surface area contributed by atoms with Gasteiger partial charge in [-0.3, -0.25) is 0 Å². The minimum atomic E-state index is 0.801. The molecule has 1 aliphatic rings. The van der Waals surface area contributed by atoms with Crippen LogP contribution in [0.25, 0.3) is 0 Å². The molecule has 2 N–H and O–H groups in total. The van der Waals surface area contributed by atoms with Crippen molar-refractivity contribution in [2.24, 2.45) is 29.4 Å². The Bertz CT molecular complexity index is 275. The molecule has 1 aliphatic carbocycles. The first-order chi connectivity index (χ1) is 11.7. The highest BCUT2D eigenvalue weighted by atomic mass is 14.6. The summed E-state index contributed by atoms with van der Waals surface area (Å²) in [6, 6.07) is 0. The van der Waals surface area contributed by atoms with E-state index in [-0.39, 0.29) is 0 Å². The first-order valence-electron chi connectivity index (χ1n) is 11.4. The molecule has 0 heterocycles. The molecule has 0 bridgehead atoms. The second-order valence-electron chi connectivity index (χ2n) is 8.62. The molecule has 1 rings (SSSR count). The van der Waals surface area contributed by atoms with Crippen molar-refractivity contribution < 1.29 is 0 Å². The van der Waals surface area contributed by atoms with Crippen molar-refractivity contribution in [2.75, 3.05) is 6.54 Å². The van der Waals surface area contributed by atoms with Crippen molar-refractivity contribution in [3.63, 3.8) is 0 Å². The van der Waals surface area contributed by atoms with Gasteiger partial charge in [0.2, 0.25) is 0 Å². The Labute approximate surface area is 153 Å². The molecule has 144 valence electrons. The normalized spacial score (nSPS) is 27.5. The Kier molecular flexibility index (Phi) is 13.0. The van der Waals surface area contributed by atoms with Crippen LogP contribution in [0.15, 0.2) is 0 Å². The second-order valence-corrected chi connectivity index (χ2v) is 8.62. The number of rotatable bonds is 14. The van der Waals surface area contributed by atoms with E-state index in [0.717, 1.165) is 30.2 Å². The quantitative estimate of drug-likeness (QED) is 0.330. The highest BCUT2D eigenvalue weighted by Gasteiger charge is 2.34. The minimum absolute atomic E-state index is 0.801. The van der Waals surface area contributed by atoms with Crippen LogP contribution in [0, 0.1) is 23.7 Å². The van der Waals surface area contributed by atoms with E-state index >= 15 is 0 Å². The zero-order valence-corrected chi connectivity index (χ0v) is 17.2. The molecule has 0 aromatic carbocycles. The topological polar surface area (TPSA) is 26.0 Å². The van der Waals surface area contributed by atoms with Crippen molar-refractivity contribution in [2.45, 2.75) is 117 Å². The van der Waals surface area contributed by atoms with Gasteiger partial charge in [-0.15, -0.1) is 0 Å². The van der Waals surface area contributed by atoms with Crippen LogP contribution in [0.5, 0.6) is 0 Å². The van der Waals surface area contributed by atoms with E-state index in [0.29, 0.717) is 0 Å². The molecule has 0 aliphatic heterocycles. The van der Waals surface area contributed by atoms with Crippen LogP contribution in [0.2, 0.25) is 0 Å². The lowest BCUT2D eigenvalue weighted by atomic mass is 9.65. The molecule has 1 fully saturated rings. The maximum Gasteiger partial charge on any atom is -0.00436 e. The lowest BCUT2D eigenvalue weighted by Gasteiger charge is -2.41. The number of hydrogen-bond acceptors (Lipinski definition) is 1. The molecular formula is C23H47N. The summed E-state index contributed by atoms with van der Waals surface area (Å²) in [5.41, 5.74) is 6.20. The first-order valence-corrected chi connectivity index (χ1v) is 11.4. The fourth-order valence-corrected chi connectivity index (χ4v) is 5.05. The lowest BCUT2D eigenvalue weighted by Crippen LogP contribution is -2.37. The van der Waals surface area contributed by atoms with Gasteiger partial charge in [-0.05, 0) is 43.1 Å². The van der Waals surface area contributed by atoms with Gasteiger partial charge in [-0.2, -0.15) is 0 Å². The zero-order chi connectivity index (χ0) is 17.6. The van der Waals surface area contributed by atoms with E-state index < -0.39 is 0 Å². The summed E-state index contributed by atoms with van der Waals surface area (Å²) in [5.74, 6) is 3.54. The largest absolute Gasteiger partial charge is 0.330 e. The molecule has 1 nitrogen and oxygen atoms in total. The third-order valence-corrected chi connectivity index (χ3v) is 6.81. The minimum Gasteiger partial charge on any atom is -0.330 e.